The van der Waals surface area contributed by atoms with Crippen molar-refractivity contribution < 1.29 is 14.1 Å². The van der Waals surface area contributed by atoms with Gasteiger partial charge < -0.3 is 15.2 Å². The zero-order valence-electron chi connectivity index (χ0n) is 12.3. The highest BCUT2D eigenvalue weighted by Crippen LogP contribution is 2.06. The van der Waals surface area contributed by atoms with Crippen molar-refractivity contribution in [3.05, 3.63) is 52.9 Å². The number of benzene rings is 1. The minimum absolute atomic E-state index is 0.146. The lowest BCUT2D eigenvalue weighted by Crippen LogP contribution is -2.23. The summed E-state index contributed by atoms with van der Waals surface area (Å²) in [5.74, 6) is 5.69. The topological polar surface area (TPSA) is 84.2 Å². The van der Waals surface area contributed by atoms with Gasteiger partial charge in [-0.15, -0.1) is 0 Å². The summed E-state index contributed by atoms with van der Waals surface area (Å²) in [6.07, 6.45) is 0. The molecule has 0 radical (unpaired) electrons. The molecule has 2 N–H and O–H groups in total. The molecule has 0 saturated heterocycles. The molecule has 0 bridgehead atoms. The van der Waals surface area contributed by atoms with Crippen molar-refractivity contribution in [2.24, 2.45) is 0 Å². The van der Waals surface area contributed by atoms with E-state index in [0.717, 1.165) is 0 Å². The summed E-state index contributed by atoms with van der Waals surface area (Å²) in [6.45, 7) is 1.85. The summed E-state index contributed by atoms with van der Waals surface area (Å²) in [7, 11) is 1.56. The summed E-state index contributed by atoms with van der Waals surface area (Å²) >= 11 is 0. The monoisotopic (exact) mass is 297 g/mol. The number of nitrogens with zero attached hydrogens (tertiary/aromatic N) is 1. The van der Waals surface area contributed by atoms with Crippen molar-refractivity contribution >= 4 is 11.8 Å². The first-order chi connectivity index (χ1) is 10.6. The van der Waals surface area contributed by atoms with Gasteiger partial charge in [-0.1, -0.05) is 29.1 Å². The number of rotatable bonds is 3. The van der Waals surface area contributed by atoms with E-state index >= 15 is 0 Å². The molecule has 0 saturated carbocycles. The average Bonchev–Trinajstić information content (AvgIpc) is 2.97. The van der Waals surface area contributed by atoms with Crippen LogP contribution in [0.3, 0.4) is 0 Å². The summed E-state index contributed by atoms with van der Waals surface area (Å²) in [5, 5.41) is 8.78. The summed E-state index contributed by atoms with van der Waals surface area (Å²) in [5.41, 5.74) is 1.31. The lowest BCUT2D eigenvalue weighted by atomic mass is 10.1. The molecule has 6 nitrogen and oxygen atoms in total. The van der Waals surface area contributed by atoms with Gasteiger partial charge in [0.25, 0.3) is 11.8 Å². The van der Waals surface area contributed by atoms with E-state index in [9.17, 15) is 9.59 Å². The second kappa shape index (κ2) is 7.09. The van der Waals surface area contributed by atoms with E-state index < -0.39 is 0 Å². The quantitative estimate of drug-likeness (QED) is 0.832. The van der Waals surface area contributed by atoms with Crippen LogP contribution in [0.5, 0.6) is 0 Å². The van der Waals surface area contributed by atoms with Crippen LogP contribution < -0.4 is 10.6 Å². The third-order valence-corrected chi connectivity index (χ3v) is 2.82. The van der Waals surface area contributed by atoms with E-state index in [4.69, 9.17) is 4.52 Å². The van der Waals surface area contributed by atoms with E-state index in [1.165, 1.54) is 0 Å². The Kier molecular flexibility index (Phi) is 4.94. The third-order valence-electron chi connectivity index (χ3n) is 2.82. The number of aryl methyl sites for hydroxylation is 1. The Balaban J connectivity index is 2.00. The molecule has 0 aliphatic heterocycles. The van der Waals surface area contributed by atoms with E-state index in [0.29, 0.717) is 16.9 Å². The first-order valence-corrected chi connectivity index (χ1v) is 6.63. The van der Waals surface area contributed by atoms with E-state index in [2.05, 4.69) is 27.6 Å². The van der Waals surface area contributed by atoms with Crippen molar-refractivity contribution in [1.29, 1.82) is 0 Å². The number of carbonyl (C=O) groups is 2. The molecule has 2 rings (SSSR count). The van der Waals surface area contributed by atoms with Crippen molar-refractivity contribution in [2.45, 2.75) is 6.92 Å². The van der Waals surface area contributed by atoms with E-state index in [1.54, 1.807) is 44.3 Å². The number of hydrogen-bond donors (Lipinski definition) is 2. The molecule has 6 heteroatoms. The van der Waals surface area contributed by atoms with Crippen LogP contribution in [0.1, 0.15) is 32.2 Å². The van der Waals surface area contributed by atoms with Crippen LogP contribution >= 0.6 is 0 Å². The van der Waals surface area contributed by atoms with Gasteiger partial charge in [-0.2, -0.15) is 0 Å². The molecule has 0 atom stereocenters. The lowest BCUT2D eigenvalue weighted by molar-refractivity contribution is 0.0945. The predicted octanol–water partition coefficient (Wildman–Crippen LogP) is 1.12. The second-order valence-electron chi connectivity index (χ2n) is 4.43. The van der Waals surface area contributed by atoms with Crippen LogP contribution in [-0.2, 0) is 0 Å². The fourth-order valence-electron chi connectivity index (χ4n) is 1.75. The summed E-state index contributed by atoms with van der Waals surface area (Å²) < 4.78 is 4.82. The first kappa shape index (κ1) is 15.3. The van der Waals surface area contributed by atoms with Crippen molar-refractivity contribution in [1.82, 2.24) is 15.8 Å². The standard InChI is InChI=1S/C16H15N3O3/c1-11-10-14(19-22-11)16(21)18-9-5-7-12-6-3-4-8-13(12)15(20)17-2/h3-4,6,8,10H,9H2,1-2H3,(H,17,20)(H,18,21). The Morgan fingerprint density at radius 3 is 2.73 bits per heavy atom. The van der Waals surface area contributed by atoms with Gasteiger partial charge in [0.05, 0.1) is 12.1 Å². The van der Waals surface area contributed by atoms with Gasteiger partial charge in [-0.3, -0.25) is 9.59 Å². The number of aromatic nitrogens is 1. The minimum Gasteiger partial charge on any atom is -0.361 e. The fraction of sp³-hybridized carbons (Fsp3) is 0.188. The molecule has 0 aliphatic carbocycles. The first-order valence-electron chi connectivity index (χ1n) is 6.63. The molecule has 2 aromatic rings. The molecule has 0 unspecified atom stereocenters. The molecule has 1 aromatic heterocycles. The molecule has 0 fully saturated rings. The molecule has 0 aliphatic rings. The van der Waals surface area contributed by atoms with Gasteiger partial charge >= 0.3 is 0 Å². The Morgan fingerprint density at radius 1 is 1.27 bits per heavy atom. The number of hydrogen-bond acceptors (Lipinski definition) is 4. The van der Waals surface area contributed by atoms with E-state index in [-0.39, 0.29) is 24.1 Å². The fourth-order valence-corrected chi connectivity index (χ4v) is 1.75. The molecule has 2 amide bonds. The Bertz CT molecular complexity index is 753. The van der Waals surface area contributed by atoms with Gasteiger partial charge in [0.15, 0.2) is 5.69 Å². The summed E-state index contributed by atoms with van der Waals surface area (Å²) in [4.78, 5) is 23.4. The molecular formula is C16H15N3O3. The van der Waals surface area contributed by atoms with Crippen LogP contribution in [0.4, 0.5) is 0 Å². The third kappa shape index (κ3) is 3.73. The Hall–Kier alpha value is -3.07. The maximum absolute atomic E-state index is 11.7. The highest BCUT2D eigenvalue weighted by atomic mass is 16.5. The van der Waals surface area contributed by atoms with Gasteiger partial charge in [0, 0.05) is 18.7 Å². The van der Waals surface area contributed by atoms with E-state index in [1.807, 2.05) is 0 Å². The van der Waals surface area contributed by atoms with Crippen molar-refractivity contribution in [2.75, 3.05) is 13.6 Å². The predicted molar refractivity (Wildman–Crippen MR) is 80.3 cm³/mol. The Morgan fingerprint density at radius 2 is 2.05 bits per heavy atom. The number of carbonyl (C=O) groups excluding carboxylic acids is 2. The zero-order chi connectivity index (χ0) is 15.9. The smallest absolute Gasteiger partial charge is 0.274 e. The minimum atomic E-state index is -0.356. The van der Waals surface area contributed by atoms with Crippen molar-refractivity contribution in [3.8, 4) is 11.8 Å². The normalized spacial score (nSPS) is 9.55. The largest absolute Gasteiger partial charge is 0.361 e. The van der Waals surface area contributed by atoms with Gasteiger partial charge in [0.1, 0.15) is 5.76 Å². The molecule has 22 heavy (non-hydrogen) atoms. The number of nitrogens with one attached hydrogen (secondary N) is 2. The molecule has 1 heterocycles. The van der Waals surface area contributed by atoms with Crippen LogP contribution in [0.2, 0.25) is 0 Å². The molecule has 112 valence electrons. The molecular weight excluding hydrogens is 282 g/mol. The lowest BCUT2D eigenvalue weighted by Gasteiger charge is -2.02. The van der Waals surface area contributed by atoms with Gasteiger partial charge in [-0.05, 0) is 19.1 Å². The van der Waals surface area contributed by atoms with Crippen LogP contribution in [-0.4, -0.2) is 30.6 Å². The number of amides is 2. The van der Waals surface area contributed by atoms with Gasteiger partial charge in [-0.25, -0.2) is 0 Å². The average molecular weight is 297 g/mol. The highest BCUT2D eigenvalue weighted by Gasteiger charge is 2.09. The van der Waals surface area contributed by atoms with Crippen LogP contribution in [0, 0.1) is 18.8 Å². The maximum atomic E-state index is 11.7. The highest BCUT2D eigenvalue weighted by molar-refractivity contribution is 5.96. The van der Waals surface area contributed by atoms with Crippen LogP contribution in [0.25, 0.3) is 0 Å². The van der Waals surface area contributed by atoms with Crippen molar-refractivity contribution in [3.63, 3.8) is 0 Å². The maximum Gasteiger partial charge on any atom is 0.274 e. The molecule has 1 aromatic carbocycles. The van der Waals surface area contributed by atoms with Crippen LogP contribution in [0.15, 0.2) is 34.9 Å². The van der Waals surface area contributed by atoms with Gasteiger partial charge in [0.2, 0.25) is 0 Å². The Labute approximate surface area is 127 Å². The second-order valence-corrected chi connectivity index (χ2v) is 4.43. The zero-order valence-corrected chi connectivity index (χ0v) is 12.3. The summed E-state index contributed by atoms with van der Waals surface area (Å²) in [6, 6.07) is 8.56. The SMILES string of the molecule is CNC(=O)c1ccccc1C#CCNC(=O)c1cc(C)on1. The molecule has 0 spiro atoms.